The zero-order valence-corrected chi connectivity index (χ0v) is 9.35. The molecule has 0 spiro atoms. The summed E-state index contributed by atoms with van der Waals surface area (Å²) in [7, 11) is 2.45. The van der Waals surface area contributed by atoms with E-state index in [4.69, 9.17) is 5.11 Å². The van der Waals surface area contributed by atoms with Gasteiger partial charge < -0.3 is 14.6 Å². The van der Waals surface area contributed by atoms with Gasteiger partial charge in [-0.05, 0) is 6.92 Å². The molecule has 1 N–H and O–H groups in total. The molecule has 0 aliphatic rings. The predicted molar refractivity (Wildman–Crippen MR) is 55.6 cm³/mol. The largest absolute Gasteiger partial charge is 0.478 e. The smallest absolute Gasteiger partial charge is 0.330 e. The molecule has 16 heavy (non-hydrogen) atoms. The molecule has 0 atom stereocenters. The lowest BCUT2D eigenvalue weighted by molar-refractivity contribution is -0.137. The lowest BCUT2D eigenvalue weighted by Crippen LogP contribution is -1.98. The van der Waals surface area contributed by atoms with Crippen molar-refractivity contribution < 1.29 is 29.0 Å². The number of hydrogen-bond acceptors (Lipinski definition) is 5. The molecule has 0 bridgehead atoms. The number of aliphatic carboxylic acids is 1. The van der Waals surface area contributed by atoms with E-state index in [2.05, 4.69) is 16.1 Å². The summed E-state index contributed by atoms with van der Waals surface area (Å²) < 4.78 is 8.42. The molecule has 0 aliphatic carbocycles. The van der Waals surface area contributed by atoms with Crippen LogP contribution in [0.2, 0.25) is 0 Å². The molecule has 0 aromatic heterocycles. The van der Waals surface area contributed by atoms with Gasteiger partial charge in [0.15, 0.2) is 0 Å². The van der Waals surface area contributed by atoms with E-state index in [0.29, 0.717) is 0 Å². The highest BCUT2D eigenvalue weighted by Gasteiger charge is 1.94. The van der Waals surface area contributed by atoms with Crippen LogP contribution in [-0.4, -0.2) is 37.2 Å². The number of hydrogen-bond donors (Lipinski definition) is 1. The first-order valence-electron chi connectivity index (χ1n) is 4.07. The number of carbonyl (C=O) groups is 3. The van der Waals surface area contributed by atoms with Gasteiger partial charge in [-0.15, -0.1) is 0 Å². The van der Waals surface area contributed by atoms with E-state index in [1.54, 1.807) is 0 Å². The molecule has 6 heteroatoms. The van der Waals surface area contributed by atoms with Gasteiger partial charge in [-0.1, -0.05) is 6.58 Å². The number of ether oxygens (including phenoxy) is 2. The maximum Gasteiger partial charge on any atom is 0.330 e. The Kier molecular flexibility index (Phi) is 9.64. The number of carboxylic acid groups (broad SMARTS) is 1. The fourth-order valence-corrected chi connectivity index (χ4v) is 0.272. The highest BCUT2D eigenvalue weighted by molar-refractivity contribution is 5.91. The Bertz CT molecular complexity index is 272. The van der Waals surface area contributed by atoms with Crippen molar-refractivity contribution in [2.24, 2.45) is 0 Å². The van der Waals surface area contributed by atoms with Crippen molar-refractivity contribution in [3.8, 4) is 0 Å². The third-order valence-electron chi connectivity index (χ3n) is 1.12. The molecule has 0 aliphatic heterocycles. The third-order valence-corrected chi connectivity index (χ3v) is 1.12. The minimum absolute atomic E-state index is 0.176. The van der Waals surface area contributed by atoms with Crippen LogP contribution in [0.3, 0.4) is 0 Å². The summed E-state index contributed by atoms with van der Waals surface area (Å²) in [6, 6.07) is 0. The SMILES string of the molecule is C=C(C)C(=O)O.COC(=O)/C=C/C(=O)OC. The summed E-state index contributed by atoms with van der Waals surface area (Å²) >= 11 is 0. The van der Waals surface area contributed by atoms with Gasteiger partial charge in [0.05, 0.1) is 14.2 Å². The van der Waals surface area contributed by atoms with E-state index in [1.165, 1.54) is 21.1 Å². The van der Waals surface area contributed by atoms with Crippen LogP contribution in [0.15, 0.2) is 24.3 Å². The van der Waals surface area contributed by atoms with Crippen LogP contribution in [0.25, 0.3) is 0 Å². The van der Waals surface area contributed by atoms with Crippen LogP contribution in [-0.2, 0) is 23.9 Å². The van der Waals surface area contributed by atoms with Crippen LogP contribution in [0.4, 0.5) is 0 Å². The molecular weight excluding hydrogens is 216 g/mol. The van der Waals surface area contributed by atoms with Crippen molar-refractivity contribution >= 4 is 17.9 Å². The zero-order valence-electron chi connectivity index (χ0n) is 9.35. The van der Waals surface area contributed by atoms with Crippen molar-refractivity contribution in [1.82, 2.24) is 0 Å². The van der Waals surface area contributed by atoms with Crippen molar-refractivity contribution in [3.05, 3.63) is 24.3 Å². The van der Waals surface area contributed by atoms with Gasteiger partial charge in [-0.25, -0.2) is 14.4 Å². The maximum atomic E-state index is 10.3. The molecule has 0 amide bonds. The molecule has 0 radical (unpaired) electrons. The number of methoxy groups -OCH3 is 2. The van der Waals surface area contributed by atoms with Crippen LogP contribution < -0.4 is 0 Å². The summed E-state index contributed by atoms with van der Waals surface area (Å²) in [5, 5.41) is 7.89. The first-order chi connectivity index (χ1) is 7.34. The minimum Gasteiger partial charge on any atom is -0.478 e. The van der Waals surface area contributed by atoms with Crippen molar-refractivity contribution in [2.45, 2.75) is 6.92 Å². The lowest BCUT2D eigenvalue weighted by atomic mass is 10.4. The van der Waals surface area contributed by atoms with Gasteiger partial charge in [0.25, 0.3) is 0 Å². The molecule has 0 rings (SSSR count). The molecule has 0 saturated heterocycles. The van der Waals surface area contributed by atoms with Crippen LogP contribution in [0.1, 0.15) is 6.92 Å². The van der Waals surface area contributed by atoms with E-state index >= 15 is 0 Å². The monoisotopic (exact) mass is 230 g/mol. The van der Waals surface area contributed by atoms with Crippen molar-refractivity contribution in [2.75, 3.05) is 14.2 Å². The summed E-state index contributed by atoms with van der Waals surface area (Å²) in [5.41, 5.74) is 0.176. The van der Waals surface area contributed by atoms with Crippen LogP contribution in [0.5, 0.6) is 0 Å². The lowest BCUT2D eigenvalue weighted by Gasteiger charge is -1.89. The molecule has 0 saturated carbocycles. The molecule has 0 aromatic rings. The average Bonchev–Trinajstić information content (AvgIpc) is 2.25. The second kappa shape index (κ2) is 9.45. The normalized spacial score (nSPS) is 8.69. The molecule has 0 unspecified atom stereocenters. The zero-order chi connectivity index (χ0) is 13.1. The van der Waals surface area contributed by atoms with E-state index in [9.17, 15) is 14.4 Å². The number of carboxylic acids is 1. The Morgan fingerprint density at radius 2 is 1.31 bits per heavy atom. The van der Waals surface area contributed by atoms with Gasteiger partial charge in [-0.3, -0.25) is 0 Å². The standard InChI is InChI=1S/C6H8O4.C4H6O2/c1-9-5(7)3-4-6(8)10-2;1-3(2)4(5)6/h3-4H,1-2H3;1H2,2H3,(H,5,6)/b4-3+;. The fraction of sp³-hybridized carbons (Fsp3) is 0.300. The summed E-state index contributed by atoms with van der Waals surface area (Å²) in [4.78, 5) is 30.2. The first kappa shape index (κ1) is 16.3. The van der Waals surface area contributed by atoms with Gasteiger partial charge in [-0.2, -0.15) is 0 Å². The fourth-order valence-electron chi connectivity index (χ4n) is 0.272. The van der Waals surface area contributed by atoms with E-state index < -0.39 is 17.9 Å². The molecule has 0 aromatic carbocycles. The van der Waals surface area contributed by atoms with Crippen molar-refractivity contribution in [3.63, 3.8) is 0 Å². The van der Waals surface area contributed by atoms with Gasteiger partial charge in [0.1, 0.15) is 0 Å². The first-order valence-corrected chi connectivity index (χ1v) is 4.07. The number of carbonyl (C=O) groups excluding carboxylic acids is 2. The maximum absolute atomic E-state index is 10.3. The second-order valence-electron chi connectivity index (χ2n) is 2.47. The molecule has 0 fully saturated rings. The van der Waals surface area contributed by atoms with Gasteiger partial charge in [0, 0.05) is 17.7 Å². The highest BCUT2D eigenvalue weighted by atomic mass is 16.5. The van der Waals surface area contributed by atoms with Gasteiger partial charge >= 0.3 is 17.9 Å². The Balaban J connectivity index is 0. The van der Waals surface area contributed by atoms with E-state index in [0.717, 1.165) is 12.2 Å². The Labute approximate surface area is 93.2 Å². The second-order valence-corrected chi connectivity index (χ2v) is 2.47. The summed E-state index contributed by atoms with van der Waals surface area (Å²) in [6.45, 7) is 4.60. The minimum atomic E-state index is -0.935. The number of esters is 2. The average molecular weight is 230 g/mol. The Morgan fingerprint density at radius 3 is 1.44 bits per heavy atom. The van der Waals surface area contributed by atoms with Crippen LogP contribution >= 0.6 is 0 Å². The van der Waals surface area contributed by atoms with E-state index in [1.807, 2.05) is 0 Å². The highest BCUT2D eigenvalue weighted by Crippen LogP contribution is 1.81. The molecular formula is C10H14O6. The summed E-state index contributed by atoms with van der Waals surface area (Å²) in [6.07, 6.45) is 1.98. The predicted octanol–water partition coefficient (Wildman–Crippen LogP) is 0.536. The Hall–Kier alpha value is -2.11. The van der Waals surface area contributed by atoms with Crippen LogP contribution in [0, 0.1) is 0 Å². The van der Waals surface area contributed by atoms with E-state index in [-0.39, 0.29) is 5.57 Å². The van der Waals surface area contributed by atoms with Crippen molar-refractivity contribution in [1.29, 1.82) is 0 Å². The molecule has 6 nitrogen and oxygen atoms in total. The Morgan fingerprint density at radius 1 is 1.06 bits per heavy atom. The number of rotatable bonds is 3. The molecule has 0 heterocycles. The molecule has 90 valence electrons. The summed E-state index contributed by atoms with van der Waals surface area (Å²) in [5.74, 6) is -2.09. The quantitative estimate of drug-likeness (QED) is 0.562. The topological polar surface area (TPSA) is 89.9 Å². The third kappa shape index (κ3) is 11.9. The van der Waals surface area contributed by atoms with Gasteiger partial charge in [0.2, 0.25) is 0 Å².